The molecular weight excluding hydrogens is 770 g/mol. The second-order valence-corrected chi connectivity index (χ2v) is 14.5. The van der Waals surface area contributed by atoms with Crippen LogP contribution in [0.4, 0.5) is 0 Å². The maximum atomic E-state index is 13.7. The molecule has 296 valence electrons. The van der Waals surface area contributed by atoms with Gasteiger partial charge in [0.25, 0.3) is 0 Å². The van der Waals surface area contributed by atoms with E-state index in [-0.39, 0.29) is 67.2 Å². The monoisotopic (exact) mass is 816 g/mol. The molecule has 0 aromatic heterocycles. The number of halogens is 2. The predicted molar refractivity (Wildman–Crippen MR) is 213 cm³/mol. The van der Waals surface area contributed by atoms with Crippen molar-refractivity contribution in [3.8, 4) is 28.7 Å². The molecule has 0 aliphatic carbocycles. The third-order valence-corrected chi connectivity index (χ3v) is 10.9. The second-order valence-electron chi connectivity index (χ2n) is 11.8. The van der Waals surface area contributed by atoms with Gasteiger partial charge in [-0.1, -0.05) is 54.6 Å². The van der Waals surface area contributed by atoms with E-state index in [0.717, 1.165) is 23.0 Å². The molecule has 0 amide bonds. The molecule has 4 aromatic rings. The summed E-state index contributed by atoms with van der Waals surface area (Å²) < 4.78 is 54.6. The Kier molecular flexibility index (Phi) is 16.7. The fourth-order valence-electron chi connectivity index (χ4n) is 6.10. The van der Waals surface area contributed by atoms with E-state index in [9.17, 15) is 14.3 Å². The molecule has 0 aliphatic rings. The Morgan fingerprint density at radius 1 is 0.782 bits per heavy atom. The molecule has 4 rings (SSSR count). The average molecular weight is 818 g/mol. The summed E-state index contributed by atoms with van der Waals surface area (Å²) in [6.45, 7) is 0.324. The van der Waals surface area contributed by atoms with Crippen molar-refractivity contribution in [2.45, 2.75) is 12.0 Å². The van der Waals surface area contributed by atoms with Crippen molar-refractivity contribution < 1.29 is 47.4 Å². The molecule has 4 aromatic carbocycles. The first-order chi connectivity index (χ1) is 26.6. The largest absolute Gasteiger partial charge is 0.497 e. The Morgan fingerprint density at radius 2 is 1.33 bits per heavy atom. The van der Waals surface area contributed by atoms with E-state index in [2.05, 4.69) is 5.09 Å². The van der Waals surface area contributed by atoms with Crippen molar-refractivity contribution in [1.82, 2.24) is 9.76 Å². The van der Waals surface area contributed by atoms with Crippen molar-refractivity contribution >= 4 is 36.8 Å². The number of esters is 1. The van der Waals surface area contributed by atoms with Gasteiger partial charge >= 0.3 is 13.6 Å². The summed E-state index contributed by atoms with van der Waals surface area (Å²) in [4.78, 5) is 24.2. The quantitative estimate of drug-likeness (QED) is 0.0269. The van der Waals surface area contributed by atoms with Gasteiger partial charge in [0, 0.05) is 43.4 Å². The van der Waals surface area contributed by atoms with Crippen molar-refractivity contribution in [2.24, 2.45) is 0 Å². The molecule has 0 heterocycles. The highest BCUT2D eigenvalue weighted by molar-refractivity contribution is 7.53. The third-order valence-electron chi connectivity index (χ3n) is 8.75. The summed E-state index contributed by atoms with van der Waals surface area (Å²) in [6.07, 6.45) is 2.71. The molecule has 0 saturated carbocycles. The number of carbonyl (C=O) groups excluding carboxylic acids is 1. The van der Waals surface area contributed by atoms with Crippen LogP contribution in [0.25, 0.3) is 0 Å². The molecule has 55 heavy (non-hydrogen) atoms. The van der Waals surface area contributed by atoms with E-state index in [1.54, 1.807) is 14.2 Å². The van der Waals surface area contributed by atoms with Gasteiger partial charge in [-0.05, 0) is 53.1 Å². The standard InChI is InChI=1S/C40H47Cl2N2O10P/c1-48-32-16-12-30(13-17-32)40(29-10-7-6-8-11-29,31-14-18-33(49-2)19-15-31)54-27-20-34-35(28-36(50-3)38(52-5)37(34)51-4)39(45)53-26-9-23-43-55(46,47)44(24-21-41)25-22-42/h6-19,26,28H,20-25,27H2,1-5H3,(H2,43,46,47). The molecule has 1 unspecified atom stereocenters. The first-order valence-corrected chi connectivity index (χ1v) is 19.9. The Balaban J connectivity index is 1.70. The molecule has 12 nitrogen and oxygen atoms in total. The summed E-state index contributed by atoms with van der Waals surface area (Å²) in [5.41, 5.74) is 2.00. The lowest BCUT2D eigenvalue weighted by Gasteiger charge is -2.36. The highest BCUT2D eigenvalue weighted by Crippen LogP contribution is 2.45. The highest BCUT2D eigenvalue weighted by atomic mass is 35.5. The van der Waals surface area contributed by atoms with Crippen molar-refractivity contribution in [3.63, 3.8) is 0 Å². The maximum absolute atomic E-state index is 13.7. The molecule has 0 bridgehead atoms. The lowest BCUT2D eigenvalue weighted by atomic mass is 9.80. The number of ether oxygens (including phenoxy) is 7. The maximum Gasteiger partial charge on any atom is 0.343 e. The van der Waals surface area contributed by atoms with Gasteiger partial charge < -0.3 is 38.1 Å². The fourth-order valence-corrected chi connectivity index (χ4v) is 8.03. The van der Waals surface area contributed by atoms with Gasteiger partial charge in [-0.15, -0.1) is 23.2 Å². The summed E-state index contributed by atoms with van der Waals surface area (Å²) in [6, 6.07) is 26.7. The summed E-state index contributed by atoms with van der Waals surface area (Å²) in [7, 11) is 3.67. The summed E-state index contributed by atoms with van der Waals surface area (Å²) in [5, 5.41) is 2.55. The highest BCUT2D eigenvalue weighted by Gasteiger charge is 2.38. The number of nitrogens with one attached hydrogen (secondary N) is 1. The van der Waals surface area contributed by atoms with Crippen LogP contribution in [0.3, 0.4) is 0 Å². The lowest BCUT2D eigenvalue weighted by Crippen LogP contribution is -2.34. The number of hydrogen-bond donors (Lipinski definition) is 2. The molecule has 0 fully saturated rings. The SMILES string of the molecule is COc1ccc(C(OCCc2c(C(=O)OC=CCNP(=O)(O)N(CCCl)CCCl)cc(OC)c(OC)c2OC)(c2ccccc2)c2ccc(OC)cc2)cc1. The third kappa shape index (κ3) is 10.5. The first kappa shape index (κ1) is 43.5. The van der Waals surface area contributed by atoms with Crippen molar-refractivity contribution in [2.75, 3.05) is 73.6 Å². The van der Waals surface area contributed by atoms with Crippen LogP contribution in [0.1, 0.15) is 32.6 Å². The van der Waals surface area contributed by atoms with E-state index in [1.807, 2.05) is 78.9 Å². The van der Waals surface area contributed by atoms with Gasteiger partial charge in [-0.2, -0.15) is 0 Å². The number of hydrogen-bond acceptors (Lipinski definition) is 9. The minimum atomic E-state index is -3.95. The topological polar surface area (TPSA) is 134 Å². The number of carbonyl (C=O) groups is 1. The number of alkyl halides is 2. The minimum absolute atomic E-state index is 0.0869. The van der Waals surface area contributed by atoms with Crippen LogP contribution in [0, 0.1) is 0 Å². The zero-order valence-electron chi connectivity index (χ0n) is 31.5. The van der Waals surface area contributed by atoms with Crippen LogP contribution in [0.15, 0.2) is 97.3 Å². The Hall–Kier alpha value is -4.26. The lowest BCUT2D eigenvalue weighted by molar-refractivity contribution is 0.0144. The fraction of sp³-hybridized carbons (Fsp3) is 0.325. The molecule has 0 aliphatic heterocycles. The van der Waals surface area contributed by atoms with Crippen LogP contribution >= 0.6 is 30.9 Å². The van der Waals surface area contributed by atoms with Gasteiger partial charge in [-0.3, -0.25) is 4.57 Å². The molecule has 0 spiro atoms. The van der Waals surface area contributed by atoms with Gasteiger partial charge in [0.05, 0.1) is 54.0 Å². The Morgan fingerprint density at radius 3 is 1.82 bits per heavy atom. The smallest absolute Gasteiger partial charge is 0.343 e. The van der Waals surface area contributed by atoms with E-state index in [1.165, 1.54) is 38.1 Å². The van der Waals surface area contributed by atoms with Crippen LogP contribution in [-0.4, -0.2) is 89.1 Å². The average Bonchev–Trinajstić information content (AvgIpc) is 3.22. The number of methoxy groups -OCH3 is 5. The van der Waals surface area contributed by atoms with Gasteiger partial charge in [0.1, 0.15) is 17.1 Å². The molecule has 0 saturated heterocycles. The zero-order chi connectivity index (χ0) is 39.8. The Labute approximate surface area is 332 Å². The molecule has 2 N–H and O–H groups in total. The normalized spacial score (nSPS) is 12.7. The number of rotatable bonds is 22. The number of benzene rings is 4. The Bertz CT molecular complexity index is 1840. The van der Waals surface area contributed by atoms with E-state index in [0.29, 0.717) is 17.1 Å². The predicted octanol–water partition coefficient (Wildman–Crippen LogP) is 7.42. The minimum Gasteiger partial charge on any atom is -0.497 e. The first-order valence-electron chi connectivity index (χ1n) is 17.3. The van der Waals surface area contributed by atoms with E-state index in [4.69, 9.17) is 56.4 Å². The molecule has 15 heteroatoms. The second kappa shape index (κ2) is 21.2. The van der Waals surface area contributed by atoms with Gasteiger partial charge in [0.15, 0.2) is 11.5 Å². The summed E-state index contributed by atoms with van der Waals surface area (Å²) >= 11 is 11.6. The van der Waals surface area contributed by atoms with Crippen molar-refractivity contribution in [1.29, 1.82) is 0 Å². The van der Waals surface area contributed by atoms with Gasteiger partial charge in [0.2, 0.25) is 5.75 Å². The van der Waals surface area contributed by atoms with Crippen LogP contribution in [0.5, 0.6) is 28.7 Å². The van der Waals surface area contributed by atoms with Crippen LogP contribution < -0.4 is 28.8 Å². The van der Waals surface area contributed by atoms with Gasteiger partial charge in [-0.25, -0.2) is 14.6 Å². The van der Waals surface area contributed by atoms with E-state index >= 15 is 0 Å². The molecule has 0 radical (unpaired) electrons. The van der Waals surface area contributed by atoms with Crippen molar-refractivity contribution in [3.05, 3.63) is 125 Å². The van der Waals surface area contributed by atoms with E-state index < -0.39 is 19.2 Å². The molecular formula is C40H47Cl2N2O10P. The zero-order valence-corrected chi connectivity index (χ0v) is 33.9. The number of nitrogens with zero attached hydrogens (tertiary/aromatic N) is 1. The van der Waals surface area contributed by atoms with Crippen LogP contribution in [0.2, 0.25) is 0 Å². The molecule has 1 atom stereocenters. The van der Waals surface area contributed by atoms with Crippen LogP contribution in [-0.2, 0) is 26.1 Å². The summed E-state index contributed by atoms with van der Waals surface area (Å²) in [5.74, 6) is 1.74.